The average molecular weight is 253 g/mol. The second-order valence-electron chi connectivity index (χ2n) is 4.13. The Labute approximate surface area is 109 Å². The van der Waals surface area contributed by atoms with E-state index in [1.165, 1.54) is 11.1 Å². The summed E-state index contributed by atoms with van der Waals surface area (Å²) in [6, 6.07) is 6.05. The Morgan fingerprint density at radius 1 is 1.11 bits per heavy atom. The number of benzene rings is 1. The molecular weight excluding hydrogens is 230 g/mol. The Morgan fingerprint density at radius 2 is 1.94 bits per heavy atom. The summed E-state index contributed by atoms with van der Waals surface area (Å²) in [4.78, 5) is 0. The van der Waals surface area contributed by atoms with Crippen molar-refractivity contribution in [2.24, 2.45) is 0 Å². The molecule has 0 bridgehead atoms. The molecule has 0 aliphatic rings. The molecule has 102 valence electrons. The summed E-state index contributed by atoms with van der Waals surface area (Å²) in [7, 11) is 0. The average Bonchev–Trinajstić information content (AvgIpc) is 2.37. The van der Waals surface area contributed by atoms with E-state index in [1.54, 1.807) is 0 Å². The van der Waals surface area contributed by atoms with E-state index in [-0.39, 0.29) is 6.61 Å². The van der Waals surface area contributed by atoms with Crippen LogP contribution in [-0.2, 0) is 4.74 Å². The number of aryl methyl sites for hydroxylation is 1. The fourth-order valence-corrected chi connectivity index (χ4v) is 1.54. The Balaban J connectivity index is 2.09. The van der Waals surface area contributed by atoms with Gasteiger partial charge in [0.05, 0.1) is 19.8 Å². The van der Waals surface area contributed by atoms with Gasteiger partial charge in [0.25, 0.3) is 0 Å². The smallest absolute Gasteiger partial charge is 0.122 e. The van der Waals surface area contributed by atoms with Crippen LogP contribution < -0.4 is 10.1 Å². The quantitative estimate of drug-likeness (QED) is 0.651. The normalized spacial score (nSPS) is 10.6. The Kier molecular flexibility index (Phi) is 7.41. The van der Waals surface area contributed by atoms with E-state index in [4.69, 9.17) is 14.6 Å². The number of hydrogen-bond donors (Lipinski definition) is 2. The fraction of sp³-hybridized carbons (Fsp3) is 0.571. The Hall–Kier alpha value is -1.10. The summed E-state index contributed by atoms with van der Waals surface area (Å²) in [6.07, 6.45) is 0. The summed E-state index contributed by atoms with van der Waals surface area (Å²) in [5.41, 5.74) is 2.42. The highest BCUT2D eigenvalue weighted by molar-refractivity contribution is 5.38. The molecule has 2 N–H and O–H groups in total. The van der Waals surface area contributed by atoms with Gasteiger partial charge in [-0.05, 0) is 31.0 Å². The Morgan fingerprint density at radius 3 is 2.72 bits per heavy atom. The van der Waals surface area contributed by atoms with Gasteiger partial charge >= 0.3 is 0 Å². The van der Waals surface area contributed by atoms with Crippen LogP contribution in [0.15, 0.2) is 18.2 Å². The first kappa shape index (κ1) is 15.0. The molecule has 0 unspecified atom stereocenters. The van der Waals surface area contributed by atoms with Crippen molar-refractivity contribution in [2.75, 3.05) is 39.5 Å². The minimum Gasteiger partial charge on any atom is -0.491 e. The van der Waals surface area contributed by atoms with E-state index in [1.807, 2.05) is 12.1 Å². The van der Waals surface area contributed by atoms with Crippen molar-refractivity contribution in [1.29, 1.82) is 0 Å². The van der Waals surface area contributed by atoms with Gasteiger partial charge in [0.15, 0.2) is 0 Å². The second-order valence-corrected chi connectivity index (χ2v) is 4.13. The first-order valence-corrected chi connectivity index (χ1v) is 6.34. The fourth-order valence-electron chi connectivity index (χ4n) is 1.54. The molecule has 1 rings (SSSR count). The lowest BCUT2D eigenvalue weighted by Gasteiger charge is -2.11. The molecule has 0 spiro atoms. The van der Waals surface area contributed by atoms with Gasteiger partial charge in [0.2, 0.25) is 0 Å². The van der Waals surface area contributed by atoms with E-state index in [9.17, 15) is 0 Å². The third kappa shape index (κ3) is 5.49. The van der Waals surface area contributed by atoms with Gasteiger partial charge in [-0.15, -0.1) is 0 Å². The summed E-state index contributed by atoms with van der Waals surface area (Å²) in [5, 5.41) is 11.6. The topological polar surface area (TPSA) is 50.7 Å². The van der Waals surface area contributed by atoms with E-state index < -0.39 is 0 Å². The number of rotatable bonds is 9. The molecule has 0 aliphatic heterocycles. The van der Waals surface area contributed by atoms with Crippen LogP contribution in [0, 0.1) is 13.8 Å². The molecule has 1 aromatic rings. The zero-order valence-corrected chi connectivity index (χ0v) is 11.2. The molecule has 0 saturated heterocycles. The molecule has 0 heterocycles. The van der Waals surface area contributed by atoms with E-state index in [0.717, 1.165) is 12.3 Å². The SMILES string of the molecule is Cc1cccc(OCCOCCNCCO)c1C. The van der Waals surface area contributed by atoms with Gasteiger partial charge in [0, 0.05) is 13.1 Å². The molecule has 0 amide bonds. The van der Waals surface area contributed by atoms with Crippen LogP contribution in [-0.4, -0.2) is 44.6 Å². The minimum atomic E-state index is 0.162. The number of nitrogens with one attached hydrogen (secondary N) is 1. The molecular formula is C14H23NO3. The minimum absolute atomic E-state index is 0.162. The third-order valence-corrected chi connectivity index (χ3v) is 2.75. The lowest BCUT2D eigenvalue weighted by Crippen LogP contribution is -2.23. The zero-order valence-electron chi connectivity index (χ0n) is 11.2. The van der Waals surface area contributed by atoms with Gasteiger partial charge in [0.1, 0.15) is 12.4 Å². The van der Waals surface area contributed by atoms with Crippen LogP contribution in [0.3, 0.4) is 0 Å². The maximum atomic E-state index is 8.56. The van der Waals surface area contributed by atoms with E-state index >= 15 is 0 Å². The van der Waals surface area contributed by atoms with Gasteiger partial charge in [-0.3, -0.25) is 0 Å². The lowest BCUT2D eigenvalue weighted by molar-refractivity contribution is 0.101. The molecule has 18 heavy (non-hydrogen) atoms. The number of ether oxygens (including phenoxy) is 2. The zero-order chi connectivity index (χ0) is 13.2. The molecule has 1 aromatic carbocycles. The van der Waals surface area contributed by atoms with Crippen molar-refractivity contribution in [2.45, 2.75) is 13.8 Å². The molecule has 0 aromatic heterocycles. The van der Waals surface area contributed by atoms with Crippen LogP contribution in [0.4, 0.5) is 0 Å². The predicted octanol–water partition coefficient (Wildman–Crippen LogP) is 1.28. The highest BCUT2D eigenvalue weighted by atomic mass is 16.5. The predicted molar refractivity (Wildman–Crippen MR) is 72.2 cm³/mol. The van der Waals surface area contributed by atoms with E-state index in [0.29, 0.717) is 26.4 Å². The summed E-state index contributed by atoms with van der Waals surface area (Å²) >= 11 is 0. The second kappa shape index (κ2) is 8.91. The molecule has 4 nitrogen and oxygen atoms in total. The van der Waals surface area contributed by atoms with Crippen LogP contribution in [0.1, 0.15) is 11.1 Å². The van der Waals surface area contributed by atoms with Gasteiger partial charge in [-0.2, -0.15) is 0 Å². The van der Waals surface area contributed by atoms with Crippen molar-refractivity contribution in [3.8, 4) is 5.75 Å². The monoisotopic (exact) mass is 253 g/mol. The van der Waals surface area contributed by atoms with E-state index in [2.05, 4.69) is 25.2 Å². The van der Waals surface area contributed by atoms with Crippen molar-refractivity contribution in [1.82, 2.24) is 5.32 Å². The molecule has 0 aliphatic carbocycles. The summed E-state index contributed by atoms with van der Waals surface area (Å²) in [5.74, 6) is 0.928. The van der Waals surface area contributed by atoms with Gasteiger partial charge in [-0.1, -0.05) is 12.1 Å². The molecule has 0 fully saturated rings. The standard InChI is InChI=1S/C14H23NO3/c1-12-4-3-5-14(13(12)2)18-11-10-17-9-7-15-6-8-16/h3-5,15-16H,6-11H2,1-2H3. The van der Waals surface area contributed by atoms with Crippen molar-refractivity contribution in [3.05, 3.63) is 29.3 Å². The van der Waals surface area contributed by atoms with Crippen LogP contribution >= 0.6 is 0 Å². The van der Waals surface area contributed by atoms with Crippen molar-refractivity contribution in [3.63, 3.8) is 0 Å². The maximum absolute atomic E-state index is 8.56. The Bertz CT molecular complexity index is 342. The van der Waals surface area contributed by atoms with Crippen LogP contribution in [0.2, 0.25) is 0 Å². The molecule has 0 atom stereocenters. The van der Waals surface area contributed by atoms with Gasteiger partial charge < -0.3 is 19.9 Å². The highest BCUT2D eigenvalue weighted by Crippen LogP contribution is 2.20. The van der Waals surface area contributed by atoms with Crippen molar-refractivity contribution >= 4 is 0 Å². The number of aliphatic hydroxyl groups is 1. The van der Waals surface area contributed by atoms with Crippen molar-refractivity contribution < 1.29 is 14.6 Å². The first-order valence-electron chi connectivity index (χ1n) is 6.34. The summed E-state index contributed by atoms with van der Waals surface area (Å²) < 4.78 is 11.1. The molecule has 4 heteroatoms. The number of hydrogen-bond acceptors (Lipinski definition) is 4. The third-order valence-electron chi connectivity index (χ3n) is 2.75. The lowest BCUT2D eigenvalue weighted by atomic mass is 10.1. The largest absolute Gasteiger partial charge is 0.491 e. The number of aliphatic hydroxyl groups excluding tert-OH is 1. The highest BCUT2D eigenvalue weighted by Gasteiger charge is 2.00. The van der Waals surface area contributed by atoms with Gasteiger partial charge in [-0.25, -0.2) is 0 Å². The first-order chi connectivity index (χ1) is 8.75. The van der Waals surface area contributed by atoms with Crippen LogP contribution in [0.25, 0.3) is 0 Å². The molecule has 0 radical (unpaired) electrons. The molecule has 0 saturated carbocycles. The summed E-state index contributed by atoms with van der Waals surface area (Å²) in [6.45, 7) is 7.44. The van der Waals surface area contributed by atoms with Crippen LogP contribution in [0.5, 0.6) is 5.75 Å². The maximum Gasteiger partial charge on any atom is 0.122 e.